The van der Waals surface area contributed by atoms with Crippen LogP contribution in [0.25, 0.3) is 22.5 Å². The molecule has 0 unspecified atom stereocenters. The fourth-order valence-corrected chi connectivity index (χ4v) is 7.21. The van der Waals surface area contributed by atoms with Gasteiger partial charge in [0.2, 0.25) is 0 Å². The van der Waals surface area contributed by atoms with Crippen LogP contribution in [0.2, 0.25) is 0 Å². The summed E-state index contributed by atoms with van der Waals surface area (Å²) in [7, 11) is 1.89. The van der Waals surface area contributed by atoms with Crippen LogP contribution in [0, 0.1) is 0 Å². The van der Waals surface area contributed by atoms with Crippen molar-refractivity contribution in [1.29, 1.82) is 0 Å². The van der Waals surface area contributed by atoms with Gasteiger partial charge in [-0.1, -0.05) is 30.3 Å². The van der Waals surface area contributed by atoms with E-state index >= 15 is 0 Å². The Morgan fingerprint density at radius 1 is 1.07 bits per heavy atom. The van der Waals surface area contributed by atoms with Crippen molar-refractivity contribution in [3.8, 4) is 22.5 Å². The lowest BCUT2D eigenvalue weighted by Gasteiger charge is -2.39. The van der Waals surface area contributed by atoms with Crippen LogP contribution in [0.5, 0.6) is 0 Å². The second-order valence-corrected chi connectivity index (χ2v) is 13.3. The summed E-state index contributed by atoms with van der Waals surface area (Å²) in [6, 6.07) is 16.4. The Labute approximate surface area is 259 Å². The number of alkyl halides is 4. The van der Waals surface area contributed by atoms with Gasteiger partial charge in [-0.25, -0.2) is 0 Å². The van der Waals surface area contributed by atoms with Gasteiger partial charge < -0.3 is 14.8 Å². The normalized spacial score (nSPS) is 20.8. The van der Waals surface area contributed by atoms with E-state index in [0.717, 1.165) is 60.2 Å². The molecular weight excluding hydrogens is 587 g/mol. The fourth-order valence-electron chi connectivity index (χ4n) is 6.78. The summed E-state index contributed by atoms with van der Waals surface area (Å²) in [5, 5.41) is 12.1. The number of nitrogens with zero attached hydrogens (tertiary/aromatic N) is 4. The molecule has 0 spiro atoms. The minimum atomic E-state index is -4.58. The van der Waals surface area contributed by atoms with Gasteiger partial charge in [-0.05, 0) is 97.0 Å². The molecule has 1 aliphatic heterocycles. The molecule has 2 saturated carbocycles. The largest absolute Gasteiger partial charge is 0.416 e. The Morgan fingerprint density at radius 3 is 2.50 bits per heavy atom. The summed E-state index contributed by atoms with van der Waals surface area (Å²) in [5.74, 6) is 0.581. The summed E-state index contributed by atoms with van der Waals surface area (Å²) >= 11 is 6.36. The van der Waals surface area contributed by atoms with E-state index in [2.05, 4.69) is 28.5 Å². The smallest absolute Gasteiger partial charge is 0.317 e. The van der Waals surface area contributed by atoms with E-state index in [-0.39, 0.29) is 35.1 Å². The SMILES string of the molecule is Cn1cnnc1-c1c(-c2cccc(N3Cc4c(cc(CNC5(C)CCC5)cc4C(F)(F)F)C3=O)c2)cccc1C1CC(Cl)C1. The fraction of sp³-hybridized carbons (Fsp3) is 0.382. The molecule has 6 nitrogen and oxygen atoms in total. The molecular formula is C34H33ClF3N5O. The molecule has 228 valence electrons. The Hall–Kier alpha value is -3.69. The van der Waals surface area contributed by atoms with E-state index < -0.39 is 17.6 Å². The number of carbonyl (C=O) groups excluding carboxylic acids is 1. The number of rotatable bonds is 7. The molecule has 2 aliphatic carbocycles. The van der Waals surface area contributed by atoms with Crippen molar-refractivity contribution in [2.75, 3.05) is 4.90 Å². The molecule has 3 aliphatic rings. The summed E-state index contributed by atoms with van der Waals surface area (Å²) in [6.45, 7) is 2.22. The van der Waals surface area contributed by atoms with Gasteiger partial charge in [-0.15, -0.1) is 21.8 Å². The maximum Gasteiger partial charge on any atom is 0.416 e. The van der Waals surface area contributed by atoms with Gasteiger partial charge in [0.25, 0.3) is 5.91 Å². The van der Waals surface area contributed by atoms with E-state index in [1.54, 1.807) is 18.5 Å². The highest BCUT2D eigenvalue weighted by Crippen LogP contribution is 2.47. The van der Waals surface area contributed by atoms with Crippen molar-refractivity contribution in [2.24, 2.45) is 7.05 Å². The zero-order valence-corrected chi connectivity index (χ0v) is 25.3. The Bertz CT molecular complexity index is 1760. The number of nitrogens with one attached hydrogen (secondary N) is 1. The molecule has 10 heteroatoms. The monoisotopic (exact) mass is 619 g/mol. The van der Waals surface area contributed by atoms with Crippen LogP contribution in [0.15, 0.2) is 60.9 Å². The maximum atomic E-state index is 14.3. The van der Waals surface area contributed by atoms with Gasteiger partial charge in [-0.3, -0.25) is 4.79 Å². The molecule has 2 fully saturated rings. The average molecular weight is 620 g/mol. The summed E-state index contributed by atoms with van der Waals surface area (Å²) in [6.07, 6.45) is 1.90. The number of carbonyl (C=O) groups is 1. The molecule has 1 aromatic heterocycles. The minimum absolute atomic E-state index is 0.0221. The number of fused-ring (bicyclic) bond motifs is 1. The number of halogens is 4. The third-order valence-electron chi connectivity index (χ3n) is 9.60. The number of benzene rings is 3. The van der Waals surface area contributed by atoms with Crippen LogP contribution in [-0.2, 0) is 26.3 Å². The van der Waals surface area contributed by atoms with Crippen molar-refractivity contribution < 1.29 is 18.0 Å². The van der Waals surface area contributed by atoms with E-state index in [1.807, 2.05) is 41.9 Å². The van der Waals surface area contributed by atoms with Gasteiger partial charge in [0.15, 0.2) is 5.82 Å². The van der Waals surface area contributed by atoms with Gasteiger partial charge in [-0.2, -0.15) is 13.2 Å². The lowest BCUT2D eigenvalue weighted by Crippen LogP contribution is -2.47. The van der Waals surface area contributed by atoms with E-state index in [0.29, 0.717) is 17.2 Å². The second kappa shape index (κ2) is 10.7. The third-order valence-corrected chi connectivity index (χ3v) is 9.96. The van der Waals surface area contributed by atoms with E-state index in [4.69, 9.17) is 11.6 Å². The average Bonchev–Trinajstić information content (AvgIpc) is 3.54. The van der Waals surface area contributed by atoms with Crippen molar-refractivity contribution in [3.63, 3.8) is 0 Å². The zero-order chi connectivity index (χ0) is 30.8. The van der Waals surface area contributed by atoms with Crippen molar-refractivity contribution in [2.45, 2.75) is 75.1 Å². The maximum absolute atomic E-state index is 14.3. The first-order valence-electron chi connectivity index (χ1n) is 15.0. The van der Waals surface area contributed by atoms with Crippen molar-refractivity contribution >= 4 is 23.2 Å². The molecule has 0 radical (unpaired) electrons. The van der Waals surface area contributed by atoms with Gasteiger partial charge in [0.1, 0.15) is 6.33 Å². The van der Waals surface area contributed by atoms with Gasteiger partial charge >= 0.3 is 6.18 Å². The standard InChI is InChI=1S/C34H33ClF3N5O/c1-33(10-5-11-33)39-17-20-12-27-28(29(13-20)34(36,37)38)18-43(32(27)44)24-7-3-6-21(16-24)25-8-4-9-26(22-14-23(35)15-22)30(25)31-41-40-19-42(31)2/h3-4,6-9,12-13,16,19,22-23,39H,5,10-11,14-15,17-18H2,1-2H3. The van der Waals surface area contributed by atoms with E-state index in [9.17, 15) is 18.0 Å². The molecule has 3 aromatic carbocycles. The number of aromatic nitrogens is 3. The summed E-state index contributed by atoms with van der Waals surface area (Å²) in [5.41, 5.74) is 4.16. The Morgan fingerprint density at radius 2 is 1.84 bits per heavy atom. The van der Waals surface area contributed by atoms with Crippen molar-refractivity contribution in [1.82, 2.24) is 20.1 Å². The Balaban J connectivity index is 1.25. The van der Waals surface area contributed by atoms with Gasteiger partial charge in [0.05, 0.1) is 12.1 Å². The number of aryl methyl sites for hydroxylation is 1. The van der Waals surface area contributed by atoms with Crippen molar-refractivity contribution in [3.05, 3.63) is 88.7 Å². The summed E-state index contributed by atoms with van der Waals surface area (Å²) < 4.78 is 44.8. The number of hydrogen-bond acceptors (Lipinski definition) is 4. The highest BCUT2D eigenvalue weighted by atomic mass is 35.5. The van der Waals surface area contributed by atoms with Gasteiger partial charge in [0, 0.05) is 41.3 Å². The molecule has 0 atom stereocenters. The highest BCUT2D eigenvalue weighted by Gasteiger charge is 2.41. The van der Waals surface area contributed by atoms with Crippen LogP contribution in [-0.4, -0.2) is 31.6 Å². The molecule has 0 bridgehead atoms. The molecule has 1 N–H and O–H groups in total. The quantitative estimate of drug-likeness (QED) is 0.214. The predicted molar refractivity (Wildman–Crippen MR) is 165 cm³/mol. The first kappa shape index (κ1) is 29.0. The molecule has 0 saturated heterocycles. The number of anilines is 1. The topological polar surface area (TPSA) is 63.1 Å². The molecule has 44 heavy (non-hydrogen) atoms. The lowest BCUT2D eigenvalue weighted by molar-refractivity contribution is -0.138. The third kappa shape index (κ3) is 5.09. The Kier molecular flexibility index (Phi) is 7.09. The molecule has 2 heterocycles. The highest BCUT2D eigenvalue weighted by molar-refractivity contribution is 6.21. The minimum Gasteiger partial charge on any atom is -0.317 e. The second-order valence-electron chi connectivity index (χ2n) is 12.7. The van der Waals surface area contributed by atoms with Crippen LogP contribution in [0.4, 0.5) is 18.9 Å². The van der Waals surface area contributed by atoms with E-state index in [1.165, 1.54) is 11.0 Å². The van der Waals surface area contributed by atoms with Crippen LogP contribution < -0.4 is 10.2 Å². The van der Waals surface area contributed by atoms with Crippen LogP contribution in [0.3, 0.4) is 0 Å². The first-order valence-corrected chi connectivity index (χ1v) is 15.5. The summed E-state index contributed by atoms with van der Waals surface area (Å²) in [4.78, 5) is 15.2. The lowest BCUT2D eigenvalue weighted by atomic mass is 9.76. The molecule has 4 aromatic rings. The number of amides is 1. The predicted octanol–water partition coefficient (Wildman–Crippen LogP) is 7.85. The first-order chi connectivity index (χ1) is 21.0. The number of hydrogen-bond donors (Lipinski definition) is 1. The molecule has 1 amide bonds. The molecule has 7 rings (SSSR count). The zero-order valence-electron chi connectivity index (χ0n) is 24.6. The van der Waals surface area contributed by atoms with Crippen LogP contribution >= 0.6 is 11.6 Å². The van der Waals surface area contributed by atoms with Crippen LogP contribution in [0.1, 0.15) is 77.6 Å².